The van der Waals surface area contributed by atoms with Crippen molar-refractivity contribution in [1.82, 2.24) is 14.5 Å². The van der Waals surface area contributed by atoms with Crippen LogP contribution < -0.4 is 5.73 Å². The second-order valence-electron chi connectivity index (χ2n) is 4.04. The standard InChI is InChI=1S/C10H12N4/c1-14-6-13-8-7(10(11)3-4-10)2-5-12-9(8)14/h2,5-6H,3-4,11H2,1H3. The lowest BCUT2D eigenvalue weighted by molar-refractivity contribution is 0.745. The van der Waals surface area contributed by atoms with Gasteiger partial charge in [0.15, 0.2) is 5.65 Å². The minimum absolute atomic E-state index is 0.129. The van der Waals surface area contributed by atoms with Crippen LogP contribution in [0.1, 0.15) is 18.4 Å². The average Bonchev–Trinajstić information content (AvgIpc) is 2.83. The van der Waals surface area contributed by atoms with Crippen molar-refractivity contribution in [2.24, 2.45) is 12.8 Å². The van der Waals surface area contributed by atoms with Crippen molar-refractivity contribution in [3.05, 3.63) is 24.2 Å². The van der Waals surface area contributed by atoms with Gasteiger partial charge in [0.05, 0.1) is 6.33 Å². The summed E-state index contributed by atoms with van der Waals surface area (Å²) in [6.07, 6.45) is 5.71. The third kappa shape index (κ3) is 0.915. The molecule has 4 heteroatoms. The van der Waals surface area contributed by atoms with Crippen LogP contribution in [0.2, 0.25) is 0 Å². The van der Waals surface area contributed by atoms with E-state index in [9.17, 15) is 0 Å². The molecule has 1 saturated carbocycles. The number of hydrogen-bond acceptors (Lipinski definition) is 3. The lowest BCUT2D eigenvalue weighted by Gasteiger charge is -2.08. The molecule has 1 aliphatic rings. The number of pyridine rings is 1. The van der Waals surface area contributed by atoms with Crippen LogP contribution >= 0.6 is 0 Å². The van der Waals surface area contributed by atoms with Gasteiger partial charge in [-0.15, -0.1) is 0 Å². The molecule has 0 spiro atoms. The molecule has 1 fully saturated rings. The van der Waals surface area contributed by atoms with Crippen molar-refractivity contribution in [2.75, 3.05) is 0 Å². The number of aromatic nitrogens is 3. The first kappa shape index (κ1) is 7.94. The molecule has 0 aromatic carbocycles. The summed E-state index contributed by atoms with van der Waals surface area (Å²) in [6.45, 7) is 0. The van der Waals surface area contributed by atoms with Crippen molar-refractivity contribution < 1.29 is 0 Å². The first-order valence-corrected chi connectivity index (χ1v) is 4.76. The van der Waals surface area contributed by atoms with Crippen LogP contribution in [0.15, 0.2) is 18.6 Å². The van der Waals surface area contributed by atoms with Gasteiger partial charge in [-0.25, -0.2) is 9.97 Å². The topological polar surface area (TPSA) is 56.7 Å². The Balaban J connectivity index is 2.34. The van der Waals surface area contributed by atoms with E-state index in [-0.39, 0.29) is 5.54 Å². The van der Waals surface area contributed by atoms with E-state index in [1.54, 1.807) is 6.33 Å². The van der Waals surface area contributed by atoms with Gasteiger partial charge < -0.3 is 10.3 Å². The predicted molar refractivity (Wildman–Crippen MR) is 53.6 cm³/mol. The minimum Gasteiger partial charge on any atom is -0.321 e. The van der Waals surface area contributed by atoms with Gasteiger partial charge in [-0.05, 0) is 18.9 Å². The molecule has 2 aromatic heterocycles. The highest BCUT2D eigenvalue weighted by molar-refractivity contribution is 5.76. The summed E-state index contributed by atoms with van der Waals surface area (Å²) < 4.78 is 1.92. The zero-order valence-corrected chi connectivity index (χ0v) is 8.07. The van der Waals surface area contributed by atoms with Gasteiger partial charge in [-0.1, -0.05) is 0 Å². The molecule has 0 radical (unpaired) electrons. The van der Waals surface area contributed by atoms with Gasteiger partial charge in [-0.2, -0.15) is 0 Å². The highest BCUT2D eigenvalue weighted by Crippen LogP contribution is 2.44. The fourth-order valence-electron chi connectivity index (χ4n) is 1.83. The Hall–Kier alpha value is -1.42. The Kier molecular flexibility index (Phi) is 1.32. The van der Waals surface area contributed by atoms with E-state index in [2.05, 4.69) is 9.97 Å². The number of hydrogen-bond donors (Lipinski definition) is 1. The van der Waals surface area contributed by atoms with Crippen LogP contribution in [0.4, 0.5) is 0 Å². The molecule has 0 bridgehead atoms. The predicted octanol–water partition coefficient (Wildman–Crippen LogP) is 0.916. The first-order chi connectivity index (χ1) is 6.71. The molecule has 4 nitrogen and oxygen atoms in total. The maximum absolute atomic E-state index is 6.17. The number of nitrogens with zero attached hydrogens (tertiary/aromatic N) is 3. The van der Waals surface area contributed by atoms with Gasteiger partial charge >= 0.3 is 0 Å². The zero-order valence-electron chi connectivity index (χ0n) is 8.07. The lowest BCUT2D eigenvalue weighted by Crippen LogP contribution is -2.19. The van der Waals surface area contributed by atoms with Crippen LogP contribution in [-0.4, -0.2) is 14.5 Å². The third-order valence-electron chi connectivity index (χ3n) is 2.92. The smallest absolute Gasteiger partial charge is 0.159 e. The summed E-state index contributed by atoms with van der Waals surface area (Å²) in [5.41, 5.74) is 9.05. The highest BCUT2D eigenvalue weighted by atomic mass is 15.1. The number of aryl methyl sites for hydroxylation is 1. The molecular formula is C10H12N4. The molecule has 72 valence electrons. The van der Waals surface area contributed by atoms with Crippen LogP contribution in [0.5, 0.6) is 0 Å². The average molecular weight is 188 g/mol. The number of fused-ring (bicyclic) bond motifs is 1. The van der Waals surface area contributed by atoms with Gasteiger partial charge in [-0.3, -0.25) is 0 Å². The zero-order chi connectivity index (χ0) is 9.76. The van der Waals surface area contributed by atoms with E-state index in [1.165, 1.54) is 0 Å². The van der Waals surface area contributed by atoms with E-state index >= 15 is 0 Å². The monoisotopic (exact) mass is 188 g/mol. The maximum Gasteiger partial charge on any atom is 0.159 e. The van der Waals surface area contributed by atoms with E-state index in [0.717, 1.165) is 29.6 Å². The first-order valence-electron chi connectivity index (χ1n) is 4.76. The molecule has 14 heavy (non-hydrogen) atoms. The van der Waals surface area contributed by atoms with E-state index in [0.29, 0.717) is 0 Å². The Morgan fingerprint density at radius 3 is 2.93 bits per heavy atom. The van der Waals surface area contributed by atoms with Crippen molar-refractivity contribution in [3.8, 4) is 0 Å². The molecule has 0 amide bonds. The Bertz CT molecular complexity index is 496. The van der Waals surface area contributed by atoms with Gasteiger partial charge in [0, 0.05) is 24.3 Å². The molecule has 2 heterocycles. The quantitative estimate of drug-likeness (QED) is 0.723. The van der Waals surface area contributed by atoms with E-state index in [1.807, 2.05) is 23.9 Å². The molecule has 1 aliphatic carbocycles. The van der Waals surface area contributed by atoms with Gasteiger partial charge in [0.25, 0.3) is 0 Å². The van der Waals surface area contributed by atoms with Crippen molar-refractivity contribution in [1.29, 1.82) is 0 Å². The summed E-state index contributed by atoms with van der Waals surface area (Å²) in [5.74, 6) is 0. The minimum atomic E-state index is -0.129. The Labute approximate surface area is 81.8 Å². The lowest BCUT2D eigenvalue weighted by atomic mass is 10.1. The van der Waals surface area contributed by atoms with Crippen LogP contribution in [0.3, 0.4) is 0 Å². The van der Waals surface area contributed by atoms with Crippen LogP contribution in [0.25, 0.3) is 11.2 Å². The summed E-state index contributed by atoms with van der Waals surface area (Å²) in [4.78, 5) is 8.63. The fraction of sp³-hybridized carbons (Fsp3) is 0.400. The number of nitrogens with two attached hydrogens (primary N) is 1. The molecule has 3 rings (SSSR count). The second kappa shape index (κ2) is 2.33. The SMILES string of the molecule is Cn1cnc2c(C3(N)CC3)ccnc21. The van der Waals surface area contributed by atoms with Gasteiger partial charge in [0.2, 0.25) is 0 Å². The van der Waals surface area contributed by atoms with Crippen molar-refractivity contribution >= 4 is 11.2 Å². The maximum atomic E-state index is 6.17. The Morgan fingerprint density at radius 1 is 1.43 bits per heavy atom. The summed E-state index contributed by atoms with van der Waals surface area (Å²) in [5, 5.41) is 0. The molecule has 0 saturated heterocycles. The number of rotatable bonds is 1. The summed E-state index contributed by atoms with van der Waals surface area (Å²) in [7, 11) is 1.95. The normalized spacial score (nSPS) is 18.7. The number of imidazole rings is 1. The van der Waals surface area contributed by atoms with E-state index in [4.69, 9.17) is 5.73 Å². The molecular weight excluding hydrogens is 176 g/mol. The van der Waals surface area contributed by atoms with Crippen LogP contribution in [0, 0.1) is 0 Å². The molecule has 2 aromatic rings. The summed E-state index contributed by atoms with van der Waals surface area (Å²) >= 11 is 0. The molecule has 0 unspecified atom stereocenters. The molecule has 2 N–H and O–H groups in total. The Morgan fingerprint density at radius 2 is 2.21 bits per heavy atom. The molecule has 0 atom stereocenters. The van der Waals surface area contributed by atoms with E-state index < -0.39 is 0 Å². The van der Waals surface area contributed by atoms with Crippen LogP contribution in [-0.2, 0) is 12.6 Å². The third-order valence-corrected chi connectivity index (χ3v) is 2.92. The molecule has 0 aliphatic heterocycles. The highest BCUT2D eigenvalue weighted by Gasteiger charge is 2.41. The van der Waals surface area contributed by atoms with Gasteiger partial charge in [0.1, 0.15) is 5.52 Å². The second-order valence-corrected chi connectivity index (χ2v) is 4.04. The van der Waals surface area contributed by atoms with Crippen molar-refractivity contribution in [2.45, 2.75) is 18.4 Å². The van der Waals surface area contributed by atoms with Crippen molar-refractivity contribution in [3.63, 3.8) is 0 Å². The fourth-order valence-corrected chi connectivity index (χ4v) is 1.83. The summed E-state index contributed by atoms with van der Waals surface area (Å²) in [6, 6.07) is 1.99. The largest absolute Gasteiger partial charge is 0.321 e.